The Bertz CT molecular complexity index is 449. The molecule has 0 aliphatic rings. The molecule has 0 saturated carbocycles. The first-order chi connectivity index (χ1) is 9.31. The second-order valence-corrected chi connectivity index (χ2v) is 7.00. The lowest BCUT2D eigenvalue weighted by Gasteiger charge is -2.25. The van der Waals surface area contributed by atoms with Crippen LogP contribution in [0.5, 0.6) is 0 Å². The quantitative estimate of drug-likeness (QED) is 0.748. The van der Waals surface area contributed by atoms with Crippen LogP contribution in [0.4, 0.5) is 0 Å². The highest BCUT2D eigenvalue weighted by Crippen LogP contribution is 2.27. The van der Waals surface area contributed by atoms with Crippen molar-refractivity contribution in [3.8, 4) is 0 Å². The number of aromatic amines is 1. The Morgan fingerprint density at radius 1 is 1.30 bits per heavy atom. The van der Waals surface area contributed by atoms with Gasteiger partial charge in [0.05, 0.1) is 0 Å². The summed E-state index contributed by atoms with van der Waals surface area (Å²) in [7, 11) is 0. The first kappa shape index (κ1) is 17.4. The molecular formula is C16H31N3S. The van der Waals surface area contributed by atoms with Gasteiger partial charge in [-0.25, -0.2) is 0 Å². The lowest BCUT2D eigenvalue weighted by molar-refractivity contribution is 0.286. The average Bonchev–Trinajstić information content (AvgIpc) is 2.76. The summed E-state index contributed by atoms with van der Waals surface area (Å²) < 4.78 is 3.16. The van der Waals surface area contributed by atoms with Crippen LogP contribution in [0.1, 0.15) is 66.1 Å². The minimum atomic E-state index is 0.126. The van der Waals surface area contributed by atoms with Gasteiger partial charge in [-0.15, -0.1) is 0 Å². The molecule has 1 unspecified atom stereocenters. The summed E-state index contributed by atoms with van der Waals surface area (Å²) in [6.07, 6.45) is 4.47. The molecule has 0 amide bonds. The zero-order valence-corrected chi connectivity index (χ0v) is 14.8. The SMILES string of the molecule is CCN(CC)CCCC(C)n1c(C(C)(C)C)c[nH]c1=S. The van der Waals surface area contributed by atoms with Crippen LogP contribution in [0.25, 0.3) is 0 Å². The number of aromatic nitrogens is 2. The van der Waals surface area contributed by atoms with E-state index in [-0.39, 0.29) is 5.41 Å². The van der Waals surface area contributed by atoms with Crippen molar-refractivity contribution < 1.29 is 0 Å². The van der Waals surface area contributed by atoms with Crippen LogP contribution in [0.2, 0.25) is 0 Å². The molecule has 0 spiro atoms. The first-order valence-corrected chi connectivity index (χ1v) is 8.24. The molecule has 1 aromatic rings. The fraction of sp³-hybridized carbons (Fsp3) is 0.812. The molecule has 0 aromatic carbocycles. The number of nitrogens with one attached hydrogen (secondary N) is 1. The Hall–Kier alpha value is -0.610. The fourth-order valence-electron chi connectivity index (χ4n) is 2.67. The maximum Gasteiger partial charge on any atom is 0.177 e. The van der Waals surface area contributed by atoms with E-state index in [2.05, 4.69) is 62.2 Å². The minimum absolute atomic E-state index is 0.126. The van der Waals surface area contributed by atoms with Crippen LogP contribution in [-0.2, 0) is 5.41 Å². The van der Waals surface area contributed by atoms with Gasteiger partial charge < -0.3 is 14.5 Å². The number of rotatable bonds is 7. The molecule has 1 atom stereocenters. The van der Waals surface area contributed by atoms with E-state index in [1.807, 2.05) is 0 Å². The minimum Gasteiger partial charge on any atom is -0.337 e. The van der Waals surface area contributed by atoms with E-state index in [0.717, 1.165) is 17.9 Å². The third kappa shape index (κ3) is 4.45. The predicted octanol–water partition coefficient (Wildman–Crippen LogP) is 4.53. The third-order valence-electron chi connectivity index (χ3n) is 4.01. The number of H-pyrrole nitrogens is 1. The van der Waals surface area contributed by atoms with Gasteiger partial charge in [0.2, 0.25) is 0 Å². The highest BCUT2D eigenvalue weighted by molar-refractivity contribution is 7.71. The van der Waals surface area contributed by atoms with E-state index in [4.69, 9.17) is 12.2 Å². The molecule has 1 aromatic heterocycles. The molecule has 0 radical (unpaired) electrons. The maximum absolute atomic E-state index is 5.46. The van der Waals surface area contributed by atoms with Gasteiger partial charge >= 0.3 is 0 Å². The zero-order valence-electron chi connectivity index (χ0n) is 14.0. The van der Waals surface area contributed by atoms with Gasteiger partial charge in [0, 0.05) is 23.3 Å². The van der Waals surface area contributed by atoms with E-state index < -0.39 is 0 Å². The maximum atomic E-state index is 5.46. The highest BCUT2D eigenvalue weighted by atomic mass is 32.1. The Labute approximate surface area is 129 Å². The molecular weight excluding hydrogens is 266 g/mol. The van der Waals surface area contributed by atoms with Gasteiger partial charge in [0.1, 0.15) is 0 Å². The summed E-state index contributed by atoms with van der Waals surface area (Å²) in [5.74, 6) is 0. The summed E-state index contributed by atoms with van der Waals surface area (Å²) in [5, 5.41) is 0. The Balaban J connectivity index is 2.71. The normalized spacial score (nSPS) is 13.9. The lowest BCUT2D eigenvalue weighted by Crippen LogP contribution is -2.25. The van der Waals surface area contributed by atoms with Crippen LogP contribution >= 0.6 is 12.2 Å². The summed E-state index contributed by atoms with van der Waals surface area (Å²) in [6, 6.07) is 0.457. The molecule has 0 saturated heterocycles. The fourth-order valence-corrected chi connectivity index (χ4v) is 3.01. The largest absolute Gasteiger partial charge is 0.337 e. The third-order valence-corrected chi connectivity index (χ3v) is 4.33. The van der Waals surface area contributed by atoms with Crippen LogP contribution in [0.15, 0.2) is 6.20 Å². The van der Waals surface area contributed by atoms with Gasteiger partial charge in [0.15, 0.2) is 4.77 Å². The van der Waals surface area contributed by atoms with E-state index in [1.54, 1.807) is 0 Å². The van der Waals surface area contributed by atoms with Gasteiger partial charge in [-0.05, 0) is 51.6 Å². The van der Waals surface area contributed by atoms with Gasteiger partial charge in [-0.2, -0.15) is 0 Å². The molecule has 4 heteroatoms. The number of hydrogen-bond donors (Lipinski definition) is 1. The summed E-state index contributed by atoms with van der Waals surface area (Å²) in [5.41, 5.74) is 1.43. The average molecular weight is 298 g/mol. The van der Waals surface area contributed by atoms with Crippen molar-refractivity contribution in [2.75, 3.05) is 19.6 Å². The van der Waals surface area contributed by atoms with E-state index in [0.29, 0.717) is 6.04 Å². The van der Waals surface area contributed by atoms with Crippen molar-refractivity contribution in [2.24, 2.45) is 0 Å². The van der Waals surface area contributed by atoms with Gasteiger partial charge in [-0.1, -0.05) is 34.6 Å². The second-order valence-electron chi connectivity index (χ2n) is 6.62. The number of hydrogen-bond acceptors (Lipinski definition) is 2. The van der Waals surface area contributed by atoms with Crippen molar-refractivity contribution in [3.05, 3.63) is 16.7 Å². The van der Waals surface area contributed by atoms with E-state index in [9.17, 15) is 0 Å². The molecule has 116 valence electrons. The second kappa shape index (κ2) is 7.41. The highest BCUT2D eigenvalue weighted by Gasteiger charge is 2.21. The van der Waals surface area contributed by atoms with Crippen molar-refractivity contribution in [1.29, 1.82) is 0 Å². The Kier molecular flexibility index (Phi) is 6.46. The smallest absolute Gasteiger partial charge is 0.177 e. The molecule has 0 aliphatic heterocycles. The Morgan fingerprint density at radius 2 is 1.90 bits per heavy atom. The van der Waals surface area contributed by atoms with Crippen LogP contribution in [0, 0.1) is 4.77 Å². The van der Waals surface area contributed by atoms with Crippen molar-refractivity contribution in [2.45, 2.75) is 65.8 Å². The monoisotopic (exact) mass is 297 g/mol. The summed E-state index contributed by atoms with van der Waals surface area (Å²) in [4.78, 5) is 5.69. The standard InChI is InChI=1S/C16H31N3S/c1-7-18(8-2)11-9-10-13(3)19-14(16(4,5)6)12-17-15(19)20/h12-13H,7-11H2,1-6H3,(H,17,20). The molecule has 1 N–H and O–H groups in total. The Morgan fingerprint density at radius 3 is 2.40 bits per heavy atom. The van der Waals surface area contributed by atoms with Crippen LogP contribution in [-0.4, -0.2) is 34.1 Å². The molecule has 0 bridgehead atoms. The van der Waals surface area contributed by atoms with Gasteiger partial charge in [-0.3, -0.25) is 0 Å². The van der Waals surface area contributed by atoms with Crippen LogP contribution < -0.4 is 0 Å². The number of imidazole rings is 1. The summed E-state index contributed by atoms with van der Waals surface area (Å²) in [6.45, 7) is 16.9. The lowest BCUT2D eigenvalue weighted by atomic mass is 9.92. The molecule has 0 aliphatic carbocycles. The molecule has 20 heavy (non-hydrogen) atoms. The summed E-state index contributed by atoms with van der Waals surface area (Å²) >= 11 is 5.46. The number of nitrogens with zero attached hydrogens (tertiary/aromatic N) is 2. The first-order valence-electron chi connectivity index (χ1n) is 7.84. The molecule has 1 heterocycles. The zero-order chi connectivity index (χ0) is 15.3. The van der Waals surface area contributed by atoms with Crippen molar-refractivity contribution in [1.82, 2.24) is 14.5 Å². The van der Waals surface area contributed by atoms with Crippen molar-refractivity contribution in [3.63, 3.8) is 0 Å². The van der Waals surface area contributed by atoms with Crippen molar-refractivity contribution >= 4 is 12.2 Å². The van der Waals surface area contributed by atoms with E-state index in [1.165, 1.54) is 25.1 Å². The van der Waals surface area contributed by atoms with Gasteiger partial charge in [0.25, 0.3) is 0 Å². The molecule has 1 rings (SSSR count). The topological polar surface area (TPSA) is 24.0 Å². The van der Waals surface area contributed by atoms with Crippen LogP contribution in [0.3, 0.4) is 0 Å². The predicted molar refractivity (Wildman–Crippen MR) is 90.0 cm³/mol. The molecule has 3 nitrogen and oxygen atoms in total. The van der Waals surface area contributed by atoms with E-state index >= 15 is 0 Å². The molecule has 0 fully saturated rings.